The first-order valence-electron chi connectivity index (χ1n) is 8.79. The lowest BCUT2D eigenvalue weighted by molar-refractivity contribution is -0.686. The Labute approximate surface area is 167 Å². The van der Waals surface area contributed by atoms with E-state index >= 15 is 0 Å². The average Bonchev–Trinajstić information content (AvgIpc) is 2.69. The van der Waals surface area contributed by atoms with E-state index in [0.717, 1.165) is 22.4 Å². The van der Waals surface area contributed by atoms with E-state index in [-0.39, 0.29) is 11.4 Å². The highest BCUT2D eigenvalue weighted by Crippen LogP contribution is 2.23. The van der Waals surface area contributed by atoms with Crippen molar-refractivity contribution in [3.63, 3.8) is 0 Å². The van der Waals surface area contributed by atoms with Gasteiger partial charge in [-0.3, -0.25) is 0 Å². The lowest BCUT2D eigenvalue weighted by Crippen LogP contribution is -2.80. The summed E-state index contributed by atoms with van der Waals surface area (Å²) in [5.74, 6) is -0.743. The molecule has 0 unspecified atom stereocenters. The zero-order chi connectivity index (χ0) is 19.9. The number of quaternary nitrogens is 1. The van der Waals surface area contributed by atoms with Crippen molar-refractivity contribution in [2.45, 2.75) is 19.7 Å². The van der Waals surface area contributed by atoms with Crippen LogP contribution in [0.3, 0.4) is 0 Å². The quantitative estimate of drug-likeness (QED) is 0.633. The van der Waals surface area contributed by atoms with Crippen LogP contribution in [0, 0.1) is 5.82 Å². The molecule has 0 bridgehead atoms. The van der Waals surface area contributed by atoms with Gasteiger partial charge in [0.1, 0.15) is 31.3 Å². The zero-order valence-corrected chi connectivity index (χ0v) is 15.8. The Morgan fingerprint density at radius 1 is 0.964 bits per heavy atom. The van der Waals surface area contributed by atoms with Crippen LogP contribution >= 0.6 is 11.6 Å². The summed E-state index contributed by atoms with van der Waals surface area (Å²) in [5, 5.41) is 13.5. The van der Waals surface area contributed by atoms with Crippen LogP contribution in [0.5, 0.6) is 5.75 Å². The fourth-order valence-corrected chi connectivity index (χ4v) is 2.96. The Morgan fingerprint density at radius 2 is 1.64 bits per heavy atom. The van der Waals surface area contributed by atoms with E-state index in [1.807, 2.05) is 12.1 Å². The summed E-state index contributed by atoms with van der Waals surface area (Å²) in [6.07, 6.45) is 0. The van der Waals surface area contributed by atoms with Gasteiger partial charge in [0, 0.05) is 16.1 Å². The number of nitrogens with two attached hydrogens (primary N) is 1. The zero-order valence-electron chi connectivity index (χ0n) is 15.0. The fraction of sp³-hybridized carbons (Fsp3) is 0.136. The maximum Gasteiger partial charge on any atom is 0.128 e. The minimum absolute atomic E-state index is 0.162. The van der Waals surface area contributed by atoms with Crippen LogP contribution < -0.4 is 15.2 Å². The molecule has 0 aliphatic carbocycles. The molecule has 0 heterocycles. The first-order valence-corrected chi connectivity index (χ1v) is 9.16. The van der Waals surface area contributed by atoms with Crippen LogP contribution in [0.2, 0.25) is 5.02 Å². The number of halogens is 2. The number of carboxylic acids is 1. The average molecular weight is 400 g/mol. The monoisotopic (exact) mass is 399 g/mol. The first-order chi connectivity index (χ1) is 13.5. The molecule has 0 aromatic heterocycles. The van der Waals surface area contributed by atoms with Crippen molar-refractivity contribution in [3.05, 3.63) is 99.8 Å². The summed E-state index contributed by atoms with van der Waals surface area (Å²) >= 11 is 6.12. The van der Waals surface area contributed by atoms with Gasteiger partial charge in [-0.15, -0.1) is 0 Å². The number of carbonyl (C=O) groups excluding carboxylic acids is 1. The molecular formula is C22H19ClFNO3. The molecule has 0 atom stereocenters. The largest absolute Gasteiger partial charge is 0.545 e. The Hall–Kier alpha value is -2.89. The summed E-state index contributed by atoms with van der Waals surface area (Å²) in [4.78, 5) is 10.8. The van der Waals surface area contributed by atoms with Crippen molar-refractivity contribution in [1.82, 2.24) is 0 Å². The van der Waals surface area contributed by atoms with E-state index in [9.17, 15) is 14.3 Å². The second kappa shape index (κ2) is 9.35. The summed E-state index contributed by atoms with van der Waals surface area (Å²) in [7, 11) is 0. The molecule has 0 spiro atoms. The van der Waals surface area contributed by atoms with E-state index in [1.165, 1.54) is 24.3 Å². The Kier molecular flexibility index (Phi) is 6.63. The Bertz CT molecular complexity index is 943. The van der Waals surface area contributed by atoms with E-state index in [4.69, 9.17) is 16.3 Å². The number of carboxylic acid groups (broad SMARTS) is 1. The number of ether oxygens (including phenoxy) is 1. The van der Waals surface area contributed by atoms with E-state index in [0.29, 0.717) is 24.7 Å². The van der Waals surface area contributed by atoms with Gasteiger partial charge in [0.2, 0.25) is 0 Å². The van der Waals surface area contributed by atoms with Gasteiger partial charge < -0.3 is 20.0 Å². The molecule has 0 saturated heterocycles. The third-order valence-corrected chi connectivity index (χ3v) is 4.50. The molecule has 0 aliphatic heterocycles. The molecule has 0 radical (unpaired) electrons. The second-order valence-corrected chi connectivity index (χ2v) is 6.78. The molecule has 3 aromatic rings. The fourth-order valence-electron chi connectivity index (χ4n) is 2.76. The van der Waals surface area contributed by atoms with E-state index < -0.39 is 5.97 Å². The Morgan fingerprint density at radius 3 is 2.32 bits per heavy atom. The molecule has 0 fully saturated rings. The second-order valence-electron chi connectivity index (χ2n) is 6.35. The summed E-state index contributed by atoms with van der Waals surface area (Å²) in [6, 6.07) is 18.2. The van der Waals surface area contributed by atoms with Gasteiger partial charge in [-0.2, -0.15) is 0 Å². The number of benzene rings is 3. The van der Waals surface area contributed by atoms with Gasteiger partial charge >= 0.3 is 0 Å². The van der Waals surface area contributed by atoms with Crippen molar-refractivity contribution >= 4 is 17.6 Å². The molecule has 4 nitrogen and oxygen atoms in total. The van der Waals surface area contributed by atoms with Crippen molar-refractivity contribution in [1.29, 1.82) is 0 Å². The highest BCUT2D eigenvalue weighted by Gasteiger charge is 2.08. The summed E-state index contributed by atoms with van der Waals surface area (Å²) < 4.78 is 18.9. The maximum absolute atomic E-state index is 13.0. The van der Waals surface area contributed by atoms with Crippen LogP contribution in [0.15, 0.2) is 66.7 Å². The van der Waals surface area contributed by atoms with Crippen molar-refractivity contribution in [2.75, 3.05) is 0 Å². The van der Waals surface area contributed by atoms with Crippen LogP contribution in [-0.2, 0) is 19.7 Å². The SMILES string of the molecule is O=C([O-])c1ccc(C[NH2+]Cc2cc(Cl)ccc2OCc2ccc(F)cc2)cc1. The van der Waals surface area contributed by atoms with Gasteiger partial charge in [0.25, 0.3) is 0 Å². The number of hydrogen-bond acceptors (Lipinski definition) is 3. The molecule has 3 rings (SSSR count). The molecule has 0 saturated carbocycles. The molecule has 144 valence electrons. The van der Waals surface area contributed by atoms with E-state index in [2.05, 4.69) is 5.32 Å². The lowest BCUT2D eigenvalue weighted by atomic mass is 10.1. The molecule has 0 aliphatic rings. The van der Waals surface area contributed by atoms with Crippen LogP contribution in [0.25, 0.3) is 0 Å². The molecular weight excluding hydrogens is 381 g/mol. The number of carbonyl (C=O) groups is 1. The van der Waals surface area contributed by atoms with Crippen LogP contribution in [-0.4, -0.2) is 5.97 Å². The molecule has 28 heavy (non-hydrogen) atoms. The highest BCUT2D eigenvalue weighted by atomic mass is 35.5. The van der Waals surface area contributed by atoms with Crippen molar-refractivity contribution < 1.29 is 24.3 Å². The molecule has 2 N–H and O–H groups in total. The topological polar surface area (TPSA) is 66.0 Å². The van der Waals surface area contributed by atoms with Gasteiger partial charge in [-0.25, -0.2) is 4.39 Å². The summed E-state index contributed by atoms with van der Waals surface area (Å²) in [6.45, 7) is 1.65. The minimum atomic E-state index is -1.18. The standard InChI is InChI=1S/C22H19ClFNO3/c23-19-7-10-21(28-14-16-3-8-20(24)9-4-16)18(11-19)13-25-12-15-1-5-17(6-2-15)22(26)27/h1-11,25H,12-14H2,(H,26,27). The van der Waals surface area contributed by atoms with Gasteiger partial charge in [-0.05, 0) is 41.5 Å². The molecule has 6 heteroatoms. The maximum atomic E-state index is 13.0. The highest BCUT2D eigenvalue weighted by molar-refractivity contribution is 6.30. The minimum Gasteiger partial charge on any atom is -0.545 e. The van der Waals surface area contributed by atoms with Crippen LogP contribution in [0.4, 0.5) is 4.39 Å². The lowest BCUT2D eigenvalue weighted by Gasteiger charge is -2.12. The molecule has 0 amide bonds. The smallest absolute Gasteiger partial charge is 0.128 e. The van der Waals surface area contributed by atoms with Crippen molar-refractivity contribution in [3.8, 4) is 5.75 Å². The predicted molar refractivity (Wildman–Crippen MR) is 102 cm³/mol. The predicted octanol–water partition coefficient (Wildman–Crippen LogP) is 2.69. The third kappa shape index (κ3) is 5.55. The first kappa shape index (κ1) is 19.9. The van der Waals surface area contributed by atoms with Crippen LogP contribution in [0.1, 0.15) is 27.0 Å². The molecule has 3 aromatic carbocycles. The Balaban J connectivity index is 1.60. The number of hydrogen-bond donors (Lipinski definition) is 1. The van der Waals surface area contributed by atoms with Gasteiger partial charge in [0.15, 0.2) is 0 Å². The van der Waals surface area contributed by atoms with E-state index in [1.54, 1.807) is 30.3 Å². The summed E-state index contributed by atoms with van der Waals surface area (Å²) in [5.41, 5.74) is 2.98. The number of rotatable bonds is 8. The number of aromatic carboxylic acids is 1. The van der Waals surface area contributed by atoms with Gasteiger partial charge in [0.05, 0.1) is 5.97 Å². The third-order valence-electron chi connectivity index (χ3n) is 4.26. The van der Waals surface area contributed by atoms with Gasteiger partial charge in [-0.1, -0.05) is 48.0 Å². The normalized spacial score (nSPS) is 10.6. The van der Waals surface area contributed by atoms with Crippen molar-refractivity contribution in [2.24, 2.45) is 0 Å².